The molecule has 0 fully saturated rings. The molecule has 0 spiro atoms. The van der Waals surface area contributed by atoms with E-state index in [0.29, 0.717) is 13.1 Å². The third-order valence-electron chi connectivity index (χ3n) is 3.71. The number of carbonyl (C=O) groups is 2. The van der Waals surface area contributed by atoms with E-state index in [0.717, 1.165) is 10.6 Å². The molecule has 1 atom stereocenters. The number of anilines is 1. The zero-order valence-electron chi connectivity index (χ0n) is 12.3. The van der Waals surface area contributed by atoms with Crippen molar-refractivity contribution < 1.29 is 9.59 Å². The molecule has 0 N–H and O–H groups in total. The summed E-state index contributed by atoms with van der Waals surface area (Å²) in [7, 11) is 1.73. The average Bonchev–Trinajstić information content (AvgIpc) is 2.46. The van der Waals surface area contributed by atoms with Crippen LogP contribution in [0, 0.1) is 0 Å². The molecule has 20 heavy (non-hydrogen) atoms. The van der Waals surface area contributed by atoms with Gasteiger partial charge in [0.15, 0.2) is 4.75 Å². The molecule has 1 aliphatic heterocycles. The van der Waals surface area contributed by atoms with Crippen LogP contribution in [0.2, 0.25) is 0 Å². The van der Waals surface area contributed by atoms with Crippen LogP contribution in [-0.2, 0) is 9.59 Å². The Morgan fingerprint density at radius 3 is 2.50 bits per heavy atom. The van der Waals surface area contributed by atoms with Gasteiger partial charge in [0.05, 0.1) is 5.69 Å². The molecule has 5 heteroatoms. The van der Waals surface area contributed by atoms with Crippen molar-refractivity contribution in [1.82, 2.24) is 4.90 Å². The lowest BCUT2D eigenvalue weighted by molar-refractivity contribution is -0.138. The standard InChI is InChI=1S/C15H20N2O2S/c1-5-17(6-2)14(19)15(3)13(18)16(4)11-9-7-8-10-12(11)20-15/h7-10H,5-6H2,1-4H3/t15-/m1/s1. The van der Waals surface area contributed by atoms with E-state index in [1.165, 1.54) is 11.8 Å². The van der Waals surface area contributed by atoms with Gasteiger partial charge in [-0.05, 0) is 32.9 Å². The van der Waals surface area contributed by atoms with Crippen LogP contribution in [0.5, 0.6) is 0 Å². The molecule has 2 rings (SSSR count). The van der Waals surface area contributed by atoms with E-state index < -0.39 is 4.75 Å². The number of fused-ring (bicyclic) bond motifs is 1. The summed E-state index contributed by atoms with van der Waals surface area (Å²) in [5, 5.41) is 0. The Morgan fingerprint density at radius 1 is 1.30 bits per heavy atom. The highest BCUT2D eigenvalue weighted by Gasteiger charge is 2.49. The van der Waals surface area contributed by atoms with Gasteiger partial charge >= 0.3 is 0 Å². The SMILES string of the molecule is CCN(CC)C(=O)[C@]1(C)Sc2ccccc2N(C)C1=O. The Hall–Kier alpha value is -1.49. The molecule has 0 radical (unpaired) electrons. The summed E-state index contributed by atoms with van der Waals surface area (Å²) in [5.41, 5.74) is 0.868. The molecule has 0 aromatic heterocycles. The Kier molecular flexibility index (Phi) is 4.09. The van der Waals surface area contributed by atoms with Crippen LogP contribution >= 0.6 is 11.8 Å². The smallest absolute Gasteiger partial charge is 0.252 e. The minimum atomic E-state index is -1.07. The first-order valence-corrected chi connectivity index (χ1v) is 7.63. The van der Waals surface area contributed by atoms with Gasteiger partial charge in [-0.25, -0.2) is 0 Å². The summed E-state index contributed by atoms with van der Waals surface area (Å²) >= 11 is 1.36. The van der Waals surface area contributed by atoms with Crippen molar-refractivity contribution >= 4 is 29.3 Å². The van der Waals surface area contributed by atoms with Crippen LogP contribution in [0.4, 0.5) is 5.69 Å². The number of nitrogens with zero attached hydrogens (tertiary/aromatic N) is 2. The van der Waals surface area contributed by atoms with Crippen molar-refractivity contribution in [3.05, 3.63) is 24.3 Å². The van der Waals surface area contributed by atoms with Crippen molar-refractivity contribution in [2.45, 2.75) is 30.4 Å². The molecule has 1 aliphatic rings. The van der Waals surface area contributed by atoms with E-state index in [1.807, 2.05) is 38.1 Å². The number of hydrogen-bond donors (Lipinski definition) is 0. The van der Waals surface area contributed by atoms with Gasteiger partial charge < -0.3 is 9.80 Å². The molecule has 108 valence electrons. The zero-order valence-corrected chi connectivity index (χ0v) is 13.2. The second kappa shape index (κ2) is 5.48. The lowest BCUT2D eigenvalue weighted by atomic mass is 10.1. The van der Waals surface area contributed by atoms with E-state index >= 15 is 0 Å². The van der Waals surface area contributed by atoms with Crippen LogP contribution in [0.25, 0.3) is 0 Å². The Balaban J connectivity index is 2.43. The molecule has 1 aromatic rings. The van der Waals surface area contributed by atoms with Crippen molar-refractivity contribution in [3.63, 3.8) is 0 Å². The number of thioether (sulfide) groups is 1. The van der Waals surface area contributed by atoms with Gasteiger partial charge in [0, 0.05) is 25.0 Å². The summed E-state index contributed by atoms with van der Waals surface area (Å²) in [5.74, 6) is -0.267. The highest BCUT2D eigenvalue weighted by Crippen LogP contribution is 2.45. The molecule has 0 saturated carbocycles. The molecule has 0 unspecified atom stereocenters. The third kappa shape index (κ3) is 2.20. The molecule has 1 heterocycles. The van der Waals surface area contributed by atoms with Crippen LogP contribution in [0.15, 0.2) is 29.2 Å². The van der Waals surface area contributed by atoms with Crippen molar-refractivity contribution in [1.29, 1.82) is 0 Å². The summed E-state index contributed by atoms with van der Waals surface area (Å²) in [6, 6.07) is 7.69. The Labute approximate surface area is 124 Å². The maximum atomic E-state index is 12.7. The highest BCUT2D eigenvalue weighted by atomic mass is 32.2. The molecular formula is C15H20N2O2S. The van der Waals surface area contributed by atoms with E-state index in [9.17, 15) is 9.59 Å². The van der Waals surface area contributed by atoms with Crippen LogP contribution in [0.1, 0.15) is 20.8 Å². The summed E-state index contributed by atoms with van der Waals surface area (Å²) in [6.07, 6.45) is 0. The lowest BCUT2D eigenvalue weighted by Crippen LogP contribution is -2.56. The predicted octanol–water partition coefficient (Wildman–Crippen LogP) is 2.38. The van der Waals surface area contributed by atoms with Gasteiger partial charge in [0.1, 0.15) is 0 Å². The molecule has 2 amide bonds. The quantitative estimate of drug-likeness (QED) is 0.803. The molecular weight excluding hydrogens is 272 g/mol. The van der Waals surface area contributed by atoms with E-state index in [1.54, 1.807) is 23.8 Å². The van der Waals surface area contributed by atoms with E-state index in [-0.39, 0.29) is 11.8 Å². The van der Waals surface area contributed by atoms with Gasteiger partial charge in [-0.3, -0.25) is 9.59 Å². The topological polar surface area (TPSA) is 40.6 Å². The van der Waals surface area contributed by atoms with Crippen molar-refractivity contribution in [2.24, 2.45) is 0 Å². The summed E-state index contributed by atoms with van der Waals surface area (Å²) in [6.45, 7) is 6.82. The first kappa shape index (κ1) is 14.9. The van der Waals surface area contributed by atoms with Gasteiger partial charge in [-0.15, -0.1) is 0 Å². The molecule has 0 saturated heterocycles. The maximum Gasteiger partial charge on any atom is 0.252 e. The number of para-hydroxylation sites is 1. The minimum absolute atomic E-state index is 0.112. The van der Waals surface area contributed by atoms with Crippen LogP contribution < -0.4 is 4.90 Å². The normalized spacial score (nSPS) is 21.6. The molecule has 4 nitrogen and oxygen atoms in total. The first-order chi connectivity index (χ1) is 9.45. The largest absolute Gasteiger partial charge is 0.342 e. The van der Waals surface area contributed by atoms with Gasteiger partial charge in [-0.2, -0.15) is 0 Å². The fourth-order valence-corrected chi connectivity index (χ4v) is 3.80. The Morgan fingerprint density at radius 2 is 1.90 bits per heavy atom. The first-order valence-electron chi connectivity index (χ1n) is 6.81. The second-order valence-electron chi connectivity index (χ2n) is 4.94. The fraction of sp³-hybridized carbons (Fsp3) is 0.467. The number of benzene rings is 1. The minimum Gasteiger partial charge on any atom is -0.342 e. The lowest BCUT2D eigenvalue weighted by Gasteiger charge is -2.39. The fourth-order valence-electron chi connectivity index (χ4n) is 2.46. The number of carbonyl (C=O) groups excluding carboxylic acids is 2. The maximum absolute atomic E-state index is 12.7. The van der Waals surface area contributed by atoms with Gasteiger partial charge in [0.2, 0.25) is 5.91 Å². The van der Waals surface area contributed by atoms with Crippen LogP contribution in [0.3, 0.4) is 0 Å². The van der Waals surface area contributed by atoms with Crippen molar-refractivity contribution in [2.75, 3.05) is 25.0 Å². The number of amides is 2. The Bertz CT molecular complexity index is 542. The van der Waals surface area contributed by atoms with Gasteiger partial charge in [0.25, 0.3) is 5.91 Å². The number of rotatable bonds is 3. The van der Waals surface area contributed by atoms with Crippen LogP contribution in [-0.4, -0.2) is 41.6 Å². The molecule has 1 aromatic carbocycles. The predicted molar refractivity (Wildman–Crippen MR) is 82.0 cm³/mol. The van der Waals surface area contributed by atoms with E-state index in [4.69, 9.17) is 0 Å². The van der Waals surface area contributed by atoms with Crippen molar-refractivity contribution in [3.8, 4) is 0 Å². The summed E-state index contributed by atoms with van der Waals surface area (Å²) in [4.78, 5) is 29.6. The monoisotopic (exact) mass is 292 g/mol. The molecule has 0 bridgehead atoms. The zero-order chi connectivity index (χ0) is 14.9. The highest BCUT2D eigenvalue weighted by molar-refractivity contribution is 8.02. The third-order valence-corrected chi connectivity index (χ3v) is 5.03. The average molecular weight is 292 g/mol. The molecule has 0 aliphatic carbocycles. The van der Waals surface area contributed by atoms with E-state index in [2.05, 4.69) is 0 Å². The second-order valence-corrected chi connectivity index (χ2v) is 6.41. The number of hydrogen-bond acceptors (Lipinski definition) is 3. The summed E-state index contributed by atoms with van der Waals surface area (Å²) < 4.78 is -1.07. The van der Waals surface area contributed by atoms with Gasteiger partial charge in [-0.1, -0.05) is 23.9 Å².